The van der Waals surface area contributed by atoms with Crippen molar-refractivity contribution < 1.29 is 24.4 Å². The molecule has 2 rings (SSSR count). The van der Waals surface area contributed by atoms with E-state index in [1.54, 1.807) is 13.8 Å². The molecular weight excluding hydrogens is 176 g/mol. The van der Waals surface area contributed by atoms with Gasteiger partial charge in [-0.25, -0.2) is 0 Å². The second-order valence-electron chi connectivity index (χ2n) is 3.85. The first-order valence-electron chi connectivity index (χ1n) is 4.33. The molecule has 2 N–H and O–H groups in total. The summed E-state index contributed by atoms with van der Waals surface area (Å²) in [4.78, 5) is 0. The summed E-state index contributed by atoms with van der Waals surface area (Å²) in [7, 11) is 0. The Kier molecular flexibility index (Phi) is 2.08. The maximum atomic E-state index is 9.47. The van der Waals surface area contributed by atoms with Gasteiger partial charge in [0.15, 0.2) is 12.1 Å². The van der Waals surface area contributed by atoms with Gasteiger partial charge in [0.1, 0.15) is 18.3 Å². The molecule has 5 nitrogen and oxygen atoms in total. The van der Waals surface area contributed by atoms with Crippen LogP contribution in [0.15, 0.2) is 0 Å². The molecule has 2 aliphatic heterocycles. The SMILES string of the molecule is CC1(C)OC[C@H]2O[C@H](O)C(O)[C@@H]2O1. The van der Waals surface area contributed by atoms with Crippen molar-refractivity contribution in [1.29, 1.82) is 0 Å². The maximum Gasteiger partial charge on any atom is 0.184 e. The summed E-state index contributed by atoms with van der Waals surface area (Å²) < 4.78 is 15.8. The van der Waals surface area contributed by atoms with E-state index in [0.717, 1.165) is 0 Å². The Morgan fingerprint density at radius 1 is 1.31 bits per heavy atom. The lowest BCUT2D eigenvalue weighted by molar-refractivity contribution is -0.300. The molecule has 0 aromatic rings. The van der Waals surface area contributed by atoms with Crippen molar-refractivity contribution >= 4 is 0 Å². The fraction of sp³-hybridized carbons (Fsp3) is 1.00. The van der Waals surface area contributed by atoms with Crippen LogP contribution in [0.25, 0.3) is 0 Å². The fourth-order valence-corrected chi connectivity index (χ4v) is 1.64. The predicted octanol–water partition coefficient (Wildman–Crippen LogP) is -0.784. The predicted molar refractivity (Wildman–Crippen MR) is 41.8 cm³/mol. The first kappa shape index (κ1) is 9.36. The van der Waals surface area contributed by atoms with E-state index in [1.165, 1.54) is 0 Å². The fourth-order valence-electron chi connectivity index (χ4n) is 1.64. The highest BCUT2D eigenvalue weighted by molar-refractivity contribution is 4.90. The minimum absolute atomic E-state index is 0.339. The van der Waals surface area contributed by atoms with Crippen molar-refractivity contribution in [2.45, 2.75) is 44.2 Å². The van der Waals surface area contributed by atoms with Crippen LogP contribution in [0.2, 0.25) is 0 Å². The molecule has 13 heavy (non-hydrogen) atoms. The van der Waals surface area contributed by atoms with Gasteiger partial charge in [0.2, 0.25) is 0 Å². The third-order valence-electron chi connectivity index (χ3n) is 2.32. The first-order valence-corrected chi connectivity index (χ1v) is 4.33. The number of aliphatic hydroxyl groups excluding tert-OH is 2. The minimum Gasteiger partial charge on any atom is -0.385 e. The van der Waals surface area contributed by atoms with E-state index in [0.29, 0.717) is 6.61 Å². The highest BCUT2D eigenvalue weighted by Gasteiger charge is 2.49. The number of fused-ring (bicyclic) bond motifs is 1. The summed E-state index contributed by atoms with van der Waals surface area (Å²) in [6, 6.07) is 0. The van der Waals surface area contributed by atoms with Crippen LogP contribution < -0.4 is 0 Å². The van der Waals surface area contributed by atoms with Gasteiger partial charge in [-0.3, -0.25) is 0 Å². The Bertz CT molecular complexity index is 205. The standard InChI is InChI=1S/C8H14O5/c1-8(2)11-3-4-6(13-8)5(9)7(10)12-4/h4-7,9-10H,3H2,1-2H3/t4-,5?,6-,7+/m1/s1. The van der Waals surface area contributed by atoms with Crippen molar-refractivity contribution in [3.8, 4) is 0 Å². The number of hydrogen-bond acceptors (Lipinski definition) is 5. The van der Waals surface area contributed by atoms with Gasteiger partial charge in [0.25, 0.3) is 0 Å². The zero-order valence-electron chi connectivity index (χ0n) is 7.64. The normalized spacial score (nSPS) is 48.9. The average molecular weight is 190 g/mol. The van der Waals surface area contributed by atoms with Crippen molar-refractivity contribution in [3.05, 3.63) is 0 Å². The second kappa shape index (κ2) is 2.90. The lowest BCUT2D eigenvalue weighted by Gasteiger charge is -2.37. The summed E-state index contributed by atoms with van der Waals surface area (Å²) in [6.07, 6.45) is -2.99. The Morgan fingerprint density at radius 2 is 2.00 bits per heavy atom. The van der Waals surface area contributed by atoms with Crippen LogP contribution in [0, 0.1) is 0 Å². The van der Waals surface area contributed by atoms with Crippen LogP contribution in [-0.2, 0) is 14.2 Å². The molecule has 0 aromatic heterocycles. The van der Waals surface area contributed by atoms with Crippen molar-refractivity contribution in [2.75, 3.05) is 6.61 Å². The van der Waals surface area contributed by atoms with Crippen LogP contribution in [-0.4, -0.2) is 47.2 Å². The highest BCUT2D eigenvalue weighted by atomic mass is 16.8. The topological polar surface area (TPSA) is 68.2 Å². The van der Waals surface area contributed by atoms with Crippen molar-refractivity contribution in [3.63, 3.8) is 0 Å². The Balaban J connectivity index is 2.09. The lowest BCUT2D eigenvalue weighted by atomic mass is 10.1. The molecule has 0 saturated carbocycles. The number of rotatable bonds is 0. The van der Waals surface area contributed by atoms with E-state index in [9.17, 15) is 10.2 Å². The molecule has 76 valence electrons. The molecule has 0 spiro atoms. The van der Waals surface area contributed by atoms with E-state index < -0.39 is 24.3 Å². The molecule has 1 unspecified atom stereocenters. The molecule has 2 fully saturated rings. The summed E-state index contributed by atoms with van der Waals surface area (Å²) in [5, 5.41) is 18.7. The number of aliphatic hydroxyl groups is 2. The summed E-state index contributed by atoms with van der Waals surface area (Å²) in [6.45, 7) is 3.87. The van der Waals surface area contributed by atoms with Crippen molar-refractivity contribution in [1.82, 2.24) is 0 Å². The molecule has 5 heteroatoms. The van der Waals surface area contributed by atoms with Gasteiger partial charge in [-0.15, -0.1) is 0 Å². The van der Waals surface area contributed by atoms with Gasteiger partial charge in [0, 0.05) is 0 Å². The zero-order chi connectivity index (χ0) is 9.64. The van der Waals surface area contributed by atoms with E-state index in [4.69, 9.17) is 14.2 Å². The maximum absolute atomic E-state index is 9.47. The van der Waals surface area contributed by atoms with Gasteiger partial charge in [-0.1, -0.05) is 0 Å². The van der Waals surface area contributed by atoms with E-state index >= 15 is 0 Å². The largest absolute Gasteiger partial charge is 0.385 e. The quantitative estimate of drug-likeness (QED) is 0.524. The van der Waals surface area contributed by atoms with E-state index in [1.807, 2.05) is 0 Å². The summed E-state index contributed by atoms with van der Waals surface area (Å²) in [5.41, 5.74) is 0. The Hall–Kier alpha value is -0.200. The third kappa shape index (κ3) is 1.58. The number of hydrogen-bond donors (Lipinski definition) is 2. The van der Waals surface area contributed by atoms with Crippen molar-refractivity contribution in [2.24, 2.45) is 0 Å². The molecular formula is C8H14O5. The molecule has 4 atom stereocenters. The molecule has 0 radical (unpaired) electrons. The monoisotopic (exact) mass is 190 g/mol. The lowest BCUT2D eigenvalue weighted by Crippen LogP contribution is -2.50. The minimum atomic E-state index is -1.16. The van der Waals surface area contributed by atoms with Crippen LogP contribution in [0.4, 0.5) is 0 Å². The van der Waals surface area contributed by atoms with Crippen LogP contribution in [0.3, 0.4) is 0 Å². The number of ether oxygens (including phenoxy) is 3. The molecule has 0 bridgehead atoms. The third-order valence-corrected chi connectivity index (χ3v) is 2.32. The smallest absolute Gasteiger partial charge is 0.184 e. The highest BCUT2D eigenvalue weighted by Crippen LogP contribution is 2.32. The molecule has 2 aliphatic rings. The van der Waals surface area contributed by atoms with Gasteiger partial charge >= 0.3 is 0 Å². The van der Waals surface area contributed by atoms with Gasteiger partial charge in [0.05, 0.1) is 6.61 Å². The Labute approximate surface area is 76.2 Å². The van der Waals surface area contributed by atoms with Crippen LogP contribution in [0.5, 0.6) is 0 Å². The van der Waals surface area contributed by atoms with Gasteiger partial charge in [-0.05, 0) is 13.8 Å². The van der Waals surface area contributed by atoms with Gasteiger partial charge < -0.3 is 24.4 Å². The summed E-state index contributed by atoms with van der Waals surface area (Å²) in [5.74, 6) is -0.713. The van der Waals surface area contributed by atoms with Crippen LogP contribution >= 0.6 is 0 Å². The molecule has 2 saturated heterocycles. The van der Waals surface area contributed by atoms with Crippen LogP contribution in [0.1, 0.15) is 13.8 Å². The Morgan fingerprint density at radius 3 is 2.69 bits per heavy atom. The molecule has 0 amide bonds. The molecule has 0 aliphatic carbocycles. The molecule has 2 heterocycles. The van der Waals surface area contributed by atoms with E-state index in [-0.39, 0.29) is 6.10 Å². The zero-order valence-corrected chi connectivity index (χ0v) is 7.64. The second-order valence-corrected chi connectivity index (χ2v) is 3.85. The van der Waals surface area contributed by atoms with E-state index in [2.05, 4.69) is 0 Å². The van der Waals surface area contributed by atoms with Gasteiger partial charge in [-0.2, -0.15) is 0 Å². The molecule has 0 aromatic carbocycles. The average Bonchev–Trinajstić information content (AvgIpc) is 2.29. The first-order chi connectivity index (χ1) is 5.99. The summed E-state index contributed by atoms with van der Waals surface area (Å²) >= 11 is 0.